The van der Waals surface area contributed by atoms with Gasteiger partial charge in [0.25, 0.3) is 0 Å². The van der Waals surface area contributed by atoms with Crippen LogP contribution in [0, 0.1) is 0 Å². The topological polar surface area (TPSA) is 43.1 Å². The molecule has 17 heavy (non-hydrogen) atoms. The van der Waals surface area contributed by atoms with Crippen molar-refractivity contribution in [1.29, 1.82) is 0 Å². The van der Waals surface area contributed by atoms with Gasteiger partial charge < -0.3 is 5.73 Å². The van der Waals surface area contributed by atoms with Crippen molar-refractivity contribution >= 4 is 22.5 Å². The van der Waals surface area contributed by atoms with E-state index in [1.165, 1.54) is 19.9 Å². The lowest BCUT2D eigenvalue weighted by Crippen LogP contribution is -2.26. The minimum Gasteiger partial charge on any atom is -0.398 e. The SMILES string of the molecule is CC(C)(C(=O)Cl)c1ccc(C(F)(F)F)cc1N. The third kappa shape index (κ3) is 2.72. The molecule has 94 valence electrons. The quantitative estimate of drug-likeness (QED) is 0.658. The van der Waals surface area contributed by atoms with Crippen LogP contribution in [0.4, 0.5) is 18.9 Å². The van der Waals surface area contributed by atoms with Crippen molar-refractivity contribution in [1.82, 2.24) is 0 Å². The molecule has 0 saturated heterocycles. The molecule has 6 heteroatoms. The van der Waals surface area contributed by atoms with Crippen LogP contribution in [0.15, 0.2) is 18.2 Å². The fraction of sp³-hybridized carbons (Fsp3) is 0.364. The molecule has 2 nitrogen and oxygen atoms in total. The highest BCUT2D eigenvalue weighted by atomic mass is 35.5. The lowest BCUT2D eigenvalue weighted by molar-refractivity contribution is -0.137. The molecule has 0 heterocycles. The maximum atomic E-state index is 12.4. The zero-order valence-electron chi connectivity index (χ0n) is 9.23. The third-order valence-electron chi connectivity index (χ3n) is 2.54. The Morgan fingerprint density at radius 3 is 2.18 bits per heavy atom. The molecule has 1 rings (SSSR count). The summed E-state index contributed by atoms with van der Waals surface area (Å²) in [4.78, 5) is 11.2. The molecule has 0 aliphatic rings. The van der Waals surface area contributed by atoms with Gasteiger partial charge in [0.2, 0.25) is 5.24 Å². The smallest absolute Gasteiger partial charge is 0.398 e. The molecule has 1 aromatic carbocycles. The molecule has 0 bridgehead atoms. The number of hydrogen-bond acceptors (Lipinski definition) is 2. The van der Waals surface area contributed by atoms with E-state index in [0.29, 0.717) is 0 Å². The average molecular weight is 266 g/mol. The summed E-state index contributed by atoms with van der Waals surface area (Å²) in [7, 11) is 0. The highest BCUT2D eigenvalue weighted by Gasteiger charge is 2.34. The molecule has 1 aromatic rings. The van der Waals surface area contributed by atoms with Gasteiger partial charge in [0, 0.05) is 5.69 Å². The van der Waals surface area contributed by atoms with E-state index in [1.807, 2.05) is 0 Å². The second-order valence-corrected chi connectivity index (χ2v) is 4.54. The van der Waals surface area contributed by atoms with Crippen LogP contribution in [0.1, 0.15) is 25.0 Å². The van der Waals surface area contributed by atoms with Crippen LogP contribution >= 0.6 is 11.6 Å². The van der Waals surface area contributed by atoms with Gasteiger partial charge in [-0.05, 0) is 43.1 Å². The van der Waals surface area contributed by atoms with Crippen LogP contribution < -0.4 is 5.73 Å². The van der Waals surface area contributed by atoms with Gasteiger partial charge in [-0.2, -0.15) is 13.2 Å². The Labute approximate surface area is 102 Å². The van der Waals surface area contributed by atoms with Crippen molar-refractivity contribution in [3.63, 3.8) is 0 Å². The van der Waals surface area contributed by atoms with Crippen molar-refractivity contribution < 1.29 is 18.0 Å². The number of nitrogen functional groups attached to an aromatic ring is 1. The van der Waals surface area contributed by atoms with Crippen LogP contribution in [0.3, 0.4) is 0 Å². The molecule has 2 N–H and O–H groups in total. The molecule has 0 fully saturated rings. The standard InChI is InChI=1S/C11H11ClF3NO/c1-10(2,9(12)17)7-4-3-6(5-8(7)16)11(13,14)15/h3-5H,16H2,1-2H3. The number of rotatable bonds is 2. The van der Waals surface area contributed by atoms with Gasteiger partial charge in [-0.25, -0.2) is 0 Å². The number of anilines is 1. The van der Waals surface area contributed by atoms with Gasteiger partial charge in [0.05, 0.1) is 11.0 Å². The predicted molar refractivity (Wildman–Crippen MR) is 59.7 cm³/mol. The molecule has 0 atom stereocenters. The van der Waals surface area contributed by atoms with E-state index >= 15 is 0 Å². The first-order valence-electron chi connectivity index (χ1n) is 4.74. The second-order valence-electron chi connectivity index (χ2n) is 4.20. The highest BCUT2D eigenvalue weighted by Crippen LogP contribution is 2.35. The van der Waals surface area contributed by atoms with Crippen LogP contribution in [0.5, 0.6) is 0 Å². The Bertz CT molecular complexity index is 455. The van der Waals surface area contributed by atoms with E-state index in [4.69, 9.17) is 17.3 Å². The number of halogens is 4. The Hall–Kier alpha value is -1.23. The summed E-state index contributed by atoms with van der Waals surface area (Å²) in [6.07, 6.45) is -4.46. The Morgan fingerprint density at radius 1 is 1.29 bits per heavy atom. The summed E-state index contributed by atoms with van der Waals surface area (Å²) in [5.74, 6) is 0. The van der Waals surface area contributed by atoms with Crippen LogP contribution in [-0.2, 0) is 16.4 Å². The average Bonchev–Trinajstić information content (AvgIpc) is 2.15. The normalized spacial score (nSPS) is 12.6. The number of alkyl halides is 3. The minimum absolute atomic E-state index is 0.0983. The van der Waals surface area contributed by atoms with Crippen LogP contribution in [-0.4, -0.2) is 5.24 Å². The second kappa shape index (κ2) is 4.22. The number of carbonyl (C=O) groups is 1. The lowest BCUT2D eigenvalue weighted by atomic mass is 9.84. The summed E-state index contributed by atoms with van der Waals surface area (Å²) in [5.41, 5.74) is 3.75. The molecular weight excluding hydrogens is 255 g/mol. The van der Waals surface area contributed by atoms with Gasteiger partial charge in [-0.1, -0.05) is 6.07 Å². The van der Waals surface area contributed by atoms with E-state index in [-0.39, 0.29) is 11.3 Å². The van der Waals surface area contributed by atoms with Crippen LogP contribution in [0.25, 0.3) is 0 Å². The first kappa shape index (κ1) is 13.8. The summed E-state index contributed by atoms with van der Waals surface area (Å²) >= 11 is 5.39. The third-order valence-corrected chi connectivity index (χ3v) is 3.02. The van der Waals surface area contributed by atoms with Gasteiger partial charge in [-0.15, -0.1) is 0 Å². The van der Waals surface area contributed by atoms with Crippen molar-refractivity contribution in [3.8, 4) is 0 Å². The highest BCUT2D eigenvalue weighted by molar-refractivity contribution is 6.65. The van der Waals surface area contributed by atoms with E-state index in [0.717, 1.165) is 12.1 Å². The molecule has 0 aromatic heterocycles. The predicted octanol–water partition coefficient (Wildman–Crippen LogP) is 3.33. The molecule has 0 aliphatic heterocycles. The fourth-order valence-electron chi connectivity index (χ4n) is 1.41. The summed E-state index contributed by atoms with van der Waals surface area (Å²) in [5, 5.41) is -0.677. The van der Waals surface area contributed by atoms with Gasteiger partial charge in [0.1, 0.15) is 0 Å². The number of hydrogen-bond donors (Lipinski definition) is 1. The first-order valence-corrected chi connectivity index (χ1v) is 5.11. The van der Waals surface area contributed by atoms with E-state index in [2.05, 4.69) is 0 Å². The lowest BCUT2D eigenvalue weighted by Gasteiger charge is -2.22. The fourth-order valence-corrected chi connectivity index (χ4v) is 1.52. The number of carbonyl (C=O) groups excluding carboxylic acids is 1. The molecule has 0 saturated carbocycles. The molecule has 0 amide bonds. The zero-order chi connectivity index (χ0) is 13.4. The Morgan fingerprint density at radius 2 is 1.82 bits per heavy atom. The largest absolute Gasteiger partial charge is 0.416 e. The minimum atomic E-state index is -4.46. The molecular formula is C11H11ClF3NO. The summed E-state index contributed by atoms with van der Waals surface area (Å²) in [6, 6.07) is 2.86. The summed E-state index contributed by atoms with van der Waals surface area (Å²) in [6.45, 7) is 3.00. The van der Waals surface area contributed by atoms with E-state index in [9.17, 15) is 18.0 Å². The van der Waals surface area contributed by atoms with Gasteiger partial charge in [0.15, 0.2) is 0 Å². The number of benzene rings is 1. The summed E-state index contributed by atoms with van der Waals surface area (Å²) < 4.78 is 37.2. The van der Waals surface area contributed by atoms with Gasteiger partial charge in [-0.3, -0.25) is 4.79 Å². The van der Waals surface area contributed by atoms with Crippen molar-refractivity contribution in [2.75, 3.05) is 5.73 Å². The molecule has 0 unspecified atom stereocenters. The van der Waals surface area contributed by atoms with Crippen molar-refractivity contribution in [2.24, 2.45) is 0 Å². The van der Waals surface area contributed by atoms with E-state index in [1.54, 1.807) is 0 Å². The Balaban J connectivity index is 3.29. The number of nitrogens with two attached hydrogens (primary N) is 1. The molecule has 0 spiro atoms. The Kier molecular flexibility index (Phi) is 3.43. The van der Waals surface area contributed by atoms with E-state index < -0.39 is 22.4 Å². The monoisotopic (exact) mass is 265 g/mol. The van der Waals surface area contributed by atoms with Crippen LogP contribution in [0.2, 0.25) is 0 Å². The van der Waals surface area contributed by atoms with Gasteiger partial charge >= 0.3 is 6.18 Å². The zero-order valence-corrected chi connectivity index (χ0v) is 9.99. The maximum Gasteiger partial charge on any atom is 0.416 e. The molecule has 0 radical (unpaired) electrons. The molecule has 0 aliphatic carbocycles. The first-order chi connectivity index (χ1) is 7.56. The maximum absolute atomic E-state index is 12.4. The van der Waals surface area contributed by atoms with Crippen molar-refractivity contribution in [3.05, 3.63) is 29.3 Å². The van der Waals surface area contributed by atoms with Crippen molar-refractivity contribution in [2.45, 2.75) is 25.4 Å².